The fourth-order valence-corrected chi connectivity index (χ4v) is 11.5. The van der Waals surface area contributed by atoms with Gasteiger partial charge in [0, 0.05) is 73.7 Å². The quantitative estimate of drug-likeness (QED) is 0.108. The molecule has 0 atom stereocenters. The Kier molecular flexibility index (Phi) is 13.0. The van der Waals surface area contributed by atoms with Crippen molar-refractivity contribution in [2.75, 3.05) is 19.6 Å². The Bertz CT molecular complexity index is 3900. The zero-order valence-corrected chi connectivity index (χ0v) is 44.3. The number of hydrogen-bond acceptors (Lipinski definition) is 4. The first-order chi connectivity index (χ1) is 38.9. The summed E-state index contributed by atoms with van der Waals surface area (Å²) in [5.41, 5.74) is 23.0. The summed E-state index contributed by atoms with van der Waals surface area (Å²) in [7, 11) is 0. The van der Waals surface area contributed by atoms with Gasteiger partial charge in [-0.2, -0.15) is 0 Å². The maximum Gasteiger partial charge on any atom is 0.0465 e. The second-order valence-corrected chi connectivity index (χ2v) is 20.6. The van der Waals surface area contributed by atoms with Crippen molar-refractivity contribution in [1.82, 2.24) is 0 Å². The molecule has 0 bridgehead atoms. The van der Waals surface area contributed by atoms with E-state index in [1.807, 2.05) is 0 Å². The van der Waals surface area contributed by atoms with Gasteiger partial charge in [0.15, 0.2) is 0 Å². The van der Waals surface area contributed by atoms with E-state index in [0.29, 0.717) is 0 Å². The van der Waals surface area contributed by atoms with Crippen molar-refractivity contribution in [3.63, 3.8) is 0 Å². The van der Waals surface area contributed by atoms with Gasteiger partial charge in [0.1, 0.15) is 0 Å². The molecule has 4 nitrogen and oxygen atoms in total. The SMILES string of the molecule is CC1(C)c2ccccc2-c2ccc(N(c3ccc(-c4ccc(N(c5ccccc5)c5ccccc5)cc4)cc3)c3ccc(N(c4ccccc4)c4ccc(-c5ccc(N(c6ccccc6)c6ccccc6)cc5)cc4)cc3)cc21. The van der Waals surface area contributed by atoms with Crippen molar-refractivity contribution in [2.24, 2.45) is 0 Å². The van der Waals surface area contributed by atoms with Crippen LogP contribution in [0.1, 0.15) is 25.0 Å². The first-order valence-electron chi connectivity index (χ1n) is 27.2. The molecule has 0 N–H and O–H groups in total. The summed E-state index contributed by atoms with van der Waals surface area (Å²) in [5.74, 6) is 0. The van der Waals surface area contributed by atoms with Crippen LogP contribution in [0.15, 0.2) is 315 Å². The van der Waals surface area contributed by atoms with Crippen molar-refractivity contribution in [2.45, 2.75) is 19.3 Å². The maximum absolute atomic E-state index is 2.41. The molecule has 0 unspecified atom stereocenters. The molecule has 0 aliphatic heterocycles. The van der Waals surface area contributed by atoms with E-state index < -0.39 is 0 Å². The van der Waals surface area contributed by atoms with Crippen LogP contribution in [0.4, 0.5) is 68.2 Å². The van der Waals surface area contributed by atoms with Crippen LogP contribution >= 0.6 is 0 Å². The van der Waals surface area contributed by atoms with Gasteiger partial charge in [-0.15, -0.1) is 0 Å². The number of rotatable bonds is 14. The van der Waals surface area contributed by atoms with Crippen LogP contribution in [0.5, 0.6) is 0 Å². The molecule has 0 saturated heterocycles. The zero-order chi connectivity index (χ0) is 53.1. The van der Waals surface area contributed by atoms with Gasteiger partial charge in [0.05, 0.1) is 0 Å². The van der Waals surface area contributed by atoms with E-state index in [2.05, 4.69) is 349 Å². The second-order valence-electron chi connectivity index (χ2n) is 20.6. The molecule has 12 aromatic carbocycles. The van der Waals surface area contributed by atoms with Gasteiger partial charge in [-0.3, -0.25) is 0 Å². The molecule has 0 saturated carbocycles. The molecule has 0 amide bonds. The zero-order valence-electron chi connectivity index (χ0n) is 44.3. The summed E-state index contributed by atoms with van der Waals surface area (Å²) < 4.78 is 0. The van der Waals surface area contributed by atoms with Gasteiger partial charge in [-0.05, 0) is 190 Å². The van der Waals surface area contributed by atoms with E-state index in [1.54, 1.807) is 0 Å². The third-order valence-corrected chi connectivity index (χ3v) is 15.4. The highest BCUT2D eigenvalue weighted by Crippen LogP contribution is 2.51. The lowest BCUT2D eigenvalue weighted by Crippen LogP contribution is -2.16. The van der Waals surface area contributed by atoms with E-state index >= 15 is 0 Å². The molecular weight excluding hydrogens is 957 g/mol. The number of hydrogen-bond donors (Lipinski definition) is 0. The Hall–Kier alpha value is -10.2. The number of fused-ring (bicyclic) bond motifs is 3. The van der Waals surface area contributed by atoms with Crippen LogP contribution in [0, 0.1) is 0 Å². The molecule has 13 rings (SSSR count). The summed E-state index contributed by atoms with van der Waals surface area (Å²) in [6.07, 6.45) is 0. The van der Waals surface area contributed by atoms with Gasteiger partial charge in [-0.1, -0.05) is 184 Å². The normalized spacial score (nSPS) is 12.0. The Morgan fingerprint density at radius 1 is 0.190 bits per heavy atom. The van der Waals surface area contributed by atoms with Crippen LogP contribution < -0.4 is 19.6 Å². The Morgan fingerprint density at radius 3 is 0.709 bits per heavy atom. The van der Waals surface area contributed by atoms with Crippen molar-refractivity contribution >= 4 is 68.2 Å². The highest BCUT2D eigenvalue weighted by Gasteiger charge is 2.36. The van der Waals surface area contributed by atoms with Crippen LogP contribution in [0.2, 0.25) is 0 Å². The largest absolute Gasteiger partial charge is 0.311 e. The summed E-state index contributed by atoms with van der Waals surface area (Å²) >= 11 is 0. The number of anilines is 12. The standard InChI is InChI=1S/C75H58N4/c1-75(2)73-31-19-18-30-71(73)72-53-52-70(54-74(72)75)79(67-46-38-58(39-47-67)56-34-42-65(43-35-56)77(61-24-12-5-13-25-61)62-26-14-6-15-27-62)69-50-48-68(49-51-69)78(63-28-16-7-17-29-63)66-44-36-57(37-45-66)55-32-40-64(41-33-55)76(59-20-8-3-9-21-59)60-22-10-4-11-23-60/h3-54H,1-2H3. The van der Waals surface area contributed by atoms with Gasteiger partial charge >= 0.3 is 0 Å². The fourth-order valence-electron chi connectivity index (χ4n) is 11.5. The molecule has 79 heavy (non-hydrogen) atoms. The minimum Gasteiger partial charge on any atom is -0.311 e. The topological polar surface area (TPSA) is 13.0 Å². The summed E-state index contributed by atoms with van der Waals surface area (Å²) in [6.45, 7) is 4.71. The lowest BCUT2D eigenvalue weighted by Gasteiger charge is -2.30. The van der Waals surface area contributed by atoms with Gasteiger partial charge < -0.3 is 19.6 Å². The number of para-hydroxylation sites is 5. The monoisotopic (exact) mass is 1010 g/mol. The molecule has 1 aliphatic carbocycles. The molecule has 0 spiro atoms. The molecule has 0 fully saturated rings. The summed E-state index contributed by atoms with van der Waals surface area (Å²) in [4.78, 5) is 9.34. The van der Waals surface area contributed by atoms with E-state index in [1.165, 1.54) is 22.3 Å². The van der Waals surface area contributed by atoms with Crippen molar-refractivity contribution in [3.05, 3.63) is 327 Å². The van der Waals surface area contributed by atoms with Gasteiger partial charge in [0.2, 0.25) is 0 Å². The van der Waals surface area contributed by atoms with E-state index in [4.69, 9.17) is 0 Å². The smallest absolute Gasteiger partial charge is 0.0465 e. The highest BCUT2D eigenvalue weighted by atomic mass is 15.2. The Labute approximate surface area is 464 Å². The van der Waals surface area contributed by atoms with Crippen molar-refractivity contribution in [3.8, 4) is 33.4 Å². The third kappa shape index (κ3) is 9.51. The average molecular weight is 1020 g/mol. The fraction of sp³-hybridized carbons (Fsp3) is 0.0400. The molecular formula is C75H58N4. The summed E-state index contributed by atoms with van der Waals surface area (Å²) in [6, 6.07) is 114. The van der Waals surface area contributed by atoms with Gasteiger partial charge in [-0.25, -0.2) is 0 Å². The first kappa shape index (κ1) is 48.5. The summed E-state index contributed by atoms with van der Waals surface area (Å²) in [5, 5.41) is 0. The lowest BCUT2D eigenvalue weighted by atomic mass is 9.82. The van der Waals surface area contributed by atoms with E-state index in [-0.39, 0.29) is 5.41 Å². The molecule has 0 aromatic heterocycles. The van der Waals surface area contributed by atoms with Crippen LogP contribution in [0.25, 0.3) is 33.4 Å². The van der Waals surface area contributed by atoms with E-state index in [0.717, 1.165) is 90.5 Å². The molecule has 4 heteroatoms. The lowest BCUT2D eigenvalue weighted by molar-refractivity contribution is 0.660. The van der Waals surface area contributed by atoms with E-state index in [9.17, 15) is 0 Å². The van der Waals surface area contributed by atoms with Gasteiger partial charge in [0.25, 0.3) is 0 Å². The van der Waals surface area contributed by atoms with Crippen LogP contribution in [-0.4, -0.2) is 0 Å². The van der Waals surface area contributed by atoms with Crippen molar-refractivity contribution < 1.29 is 0 Å². The second kappa shape index (κ2) is 21.1. The molecule has 12 aromatic rings. The minimum absolute atomic E-state index is 0.148. The Morgan fingerprint density at radius 2 is 0.405 bits per heavy atom. The highest BCUT2D eigenvalue weighted by molar-refractivity contribution is 5.88. The predicted molar refractivity (Wildman–Crippen MR) is 334 cm³/mol. The minimum atomic E-state index is -0.148. The molecule has 0 radical (unpaired) electrons. The average Bonchev–Trinajstić information content (AvgIpc) is 4.04. The van der Waals surface area contributed by atoms with Crippen molar-refractivity contribution in [1.29, 1.82) is 0 Å². The van der Waals surface area contributed by atoms with Crippen LogP contribution in [0.3, 0.4) is 0 Å². The first-order valence-corrected chi connectivity index (χ1v) is 27.2. The number of nitrogens with zero attached hydrogens (tertiary/aromatic N) is 4. The predicted octanol–water partition coefficient (Wildman–Crippen LogP) is 21.2. The maximum atomic E-state index is 2.41. The molecule has 0 heterocycles. The molecule has 1 aliphatic rings. The molecule has 378 valence electrons. The number of benzene rings is 12. The third-order valence-electron chi connectivity index (χ3n) is 15.4. The van der Waals surface area contributed by atoms with Crippen LogP contribution in [-0.2, 0) is 5.41 Å². The Balaban J connectivity index is 0.824.